The summed E-state index contributed by atoms with van der Waals surface area (Å²) in [4.78, 5) is 6.11. The summed E-state index contributed by atoms with van der Waals surface area (Å²) in [6, 6.07) is 7.94. The summed E-state index contributed by atoms with van der Waals surface area (Å²) in [6.07, 6.45) is 5.58. The maximum atomic E-state index is 5.28. The van der Waals surface area contributed by atoms with E-state index in [0.717, 1.165) is 18.0 Å². The third kappa shape index (κ3) is 1.62. The molecule has 0 saturated heterocycles. The highest BCUT2D eigenvalue weighted by Crippen LogP contribution is 2.27. The summed E-state index contributed by atoms with van der Waals surface area (Å²) in [5.41, 5.74) is 1.07. The first kappa shape index (κ1) is 8.81. The van der Waals surface area contributed by atoms with E-state index in [4.69, 9.17) is 4.74 Å². The van der Waals surface area contributed by atoms with E-state index in [1.165, 1.54) is 0 Å². The number of hydrogen-bond acceptors (Lipinski definition) is 3. The predicted octanol–water partition coefficient (Wildman–Crippen LogP) is 2.06. The standard InChI is InChI=1S/C11H12N2O/c1-14-11-5-3-2-4-10(11)13-8-6-12-7-9-13/h2-8H,9H2,1H3. The Morgan fingerprint density at radius 1 is 1.36 bits per heavy atom. The zero-order valence-corrected chi connectivity index (χ0v) is 8.05. The normalized spacial score (nSPS) is 14.5. The van der Waals surface area contributed by atoms with Gasteiger partial charge in [0.25, 0.3) is 0 Å². The number of para-hydroxylation sites is 2. The van der Waals surface area contributed by atoms with Gasteiger partial charge in [-0.05, 0) is 12.1 Å². The highest BCUT2D eigenvalue weighted by molar-refractivity contribution is 5.72. The van der Waals surface area contributed by atoms with Gasteiger partial charge in [-0.15, -0.1) is 0 Å². The Balaban J connectivity index is 2.31. The SMILES string of the molecule is COc1ccccc1N1C=CN=CC1. The molecule has 3 nitrogen and oxygen atoms in total. The summed E-state index contributed by atoms with van der Waals surface area (Å²) in [5.74, 6) is 0.882. The van der Waals surface area contributed by atoms with Gasteiger partial charge in [-0.3, -0.25) is 4.99 Å². The maximum Gasteiger partial charge on any atom is 0.142 e. The lowest BCUT2D eigenvalue weighted by Gasteiger charge is -2.21. The van der Waals surface area contributed by atoms with Gasteiger partial charge in [0.05, 0.1) is 19.3 Å². The Kier molecular flexibility index (Phi) is 2.49. The van der Waals surface area contributed by atoms with Crippen LogP contribution in [-0.2, 0) is 0 Å². The van der Waals surface area contributed by atoms with Crippen LogP contribution in [0, 0.1) is 0 Å². The van der Waals surface area contributed by atoms with Crippen LogP contribution in [-0.4, -0.2) is 19.9 Å². The van der Waals surface area contributed by atoms with Crippen molar-refractivity contribution in [2.75, 3.05) is 18.6 Å². The van der Waals surface area contributed by atoms with Gasteiger partial charge in [-0.1, -0.05) is 12.1 Å². The van der Waals surface area contributed by atoms with Crippen molar-refractivity contribution in [2.45, 2.75) is 0 Å². The van der Waals surface area contributed by atoms with Crippen LogP contribution in [0.4, 0.5) is 5.69 Å². The lowest BCUT2D eigenvalue weighted by atomic mass is 10.2. The number of benzene rings is 1. The van der Waals surface area contributed by atoms with Gasteiger partial charge in [0.2, 0.25) is 0 Å². The summed E-state index contributed by atoms with van der Waals surface area (Å²) < 4.78 is 5.28. The molecule has 0 radical (unpaired) electrons. The average Bonchev–Trinajstić information content (AvgIpc) is 2.30. The van der Waals surface area contributed by atoms with Gasteiger partial charge >= 0.3 is 0 Å². The quantitative estimate of drug-likeness (QED) is 0.709. The molecule has 0 unspecified atom stereocenters. The molecule has 72 valence electrons. The molecule has 1 aromatic rings. The van der Waals surface area contributed by atoms with E-state index in [0.29, 0.717) is 0 Å². The Labute approximate surface area is 83.3 Å². The van der Waals surface area contributed by atoms with Gasteiger partial charge in [0.1, 0.15) is 5.75 Å². The molecule has 0 aromatic heterocycles. The van der Waals surface area contributed by atoms with Crippen molar-refractivity contribution in [1.29, 1.82) is 0 Å². The molecular formula is C11H12N2O. The molecule has 0 N–H and O–H groups in total. The van der Waals surface area contributed by atoms with Crippen molar-refractivity contribution in [2.24, 2.45) is 4.99 Å². The molecule has 1 aliphatic heterocycles. The zero-order valence-electron chi connectivity index (χ0n) is 8.05. The minimum Gasteiger partial charge on any atom is -0.495 e. The Bertz CT molecular complexity index is 371. The lowest BCUT2D eigenvalue weighted by molar-refractivity contribution is 0.415. The van der Waals surface area contributed by atoms with Crippen molar-refractivity contribution in [3.05, 3.63) is 36.7 Å². The van der Waals surface area contributed by atoms with Gasteiger partial charge in [0.15, 0.2) is 0 Å². The fraction of sp³-hybridized carbons (Fsp3) is 0.182. The topological polar surface area (TPSA) is 24.8 Å². The summed E-state index contributed by atoms with van der Waals surface area (Å²) in [5, 5.41) is 0. The van der Waals surface area contributed by atoms with Crippen LogP contribution < -0.4 is 9.64 Å². The van der Waals surface area contributed by atoms with E-state index in [1.54, 1.807) is 13.3 Å². The third-order valence-electron chi connectivity index (χ3n) is 2.11. The van der Waals surface area contributed by atoms with Crippen LogP contribution in [0.25, 0.3) is 0 Å². The van der Waals surface area contributed by atoms with E-state index in [9.17, 15) is 0 Å². The van der Waals surface area contributed by atoms with Gasteiger partial charge < -0.3 is 9.64 Å². The van der Waals surface area contributed by atoms with Crippen molar-refractivity contribution >= 4 is 11.9 Å². The molecule has 1 aliphatic rings. The number of rotatable bonds is 2. The van der Waals surface area contributed by atoms with Crippen molar-refractivity contribution in [1.82, 2.24) is 0 Å². The number of ether oxygens (including phenoxy) is 1. The third-order valence-corrected chi connectivity index (χ3v) is 2.11. The fourth-order valence-electron chi connectivity index (χ4n) is 1.42. The number of methoxy groups -OCH3 is 1. The molecular weight excluding hydrogens is 176 g/mol. The summed E-state index contributed by atoms with van der Waals surface area (Å²) >= 11 is 0. The molecule has 0 bridgehead atoms. The summed E-state index contributed by atoms with van der Waals surface area (Å²) in [6.45, 7) is 0.789. The molecule has 3 heteroatoms. The molecule has 0 aliphatic carbocycles. The van der Waals surface area contributed by atoms with Crippen LogP contribution in [0.3, 0.4) is 0 Å². The molecule has 1 heterocycles. The van der Waals surface area contributed by atoms with E-state index in [1.807, 2.05) is 36.7 Å². The Morgan fingerprint density at radius 2 is 2.21 bits per heavy atom. The molecule has 0 spiro atoms. The van der Waals surface area contributed by atoms with Crippen LogP contribution in [0.2, 0.25) is 0 Å². The zero-order chi connectivity index (χ0) is 9.80. The van der Waals surface area contributed by atoms with Crippen LogP contribution in [0.1, 0.15) is 0 Å². The number of aliphatic imine (C=N–C) groups is 1. The number of nitrogens with zero attached hydrogens (tertiary/aromatic N) is 2. The minimum absolute atomic E-state index is 0.789. The summed E-state index contributed by atoms with van der Waals surface area (Å²) in [7, 11) is 1.68. The van der Waals surface area contributed by atoms with E-state index >= 15 is 0 Å². The van der Waals surface area contributed by atoms with Crippen molar-refractivity contribution < 1.29 is 4.74 Å². The molecule has 14 heavy (non-hydrogen) atoms. The minimum atomic E-state index is 0.789. The van der Waals surface area contributed by atoms with E-state index < -0.39 is 0 Å². The molecule has 0 amide bonds. The molecule has 0 saturated carbocycles. The monoisotopic (exact) mass is 188 g/mol. The second-order valence-corrected chi connectivity index (χ2v) is 2.95. The maximum absolute atomic E-state index is 5.28. The Morgan fingerprint density at radius 3 is 2.93 bits per heavy atom. The number of hydrogen-bond donors (Lipinski definition) is 0. The largest absolute Gasteiger partial charge is 0.495 e. The molecule has 1 aromatic carbocycles. The average molecular weight is 188 g/mol. The first-order valence-electron chi connectivity index (χ1n) is 4.50. The van der Waals surface area contributed by atoms with Crippen LogP contribution in [0.5, 0.6) is 5.75 Å². The second-order valence-electron chi connectivity index (χ2n) is 2.95. The van der Waals surface area contributed by atoms with E-state index in [2.05, 4.69) is 9.89 Å². The highest BCUT2D eigenvalue weighted by atomic mass is 16.5. The van der Waals surface area contributed by atoms with Crippen LogP contribution >= 0.6 is 0 Å². The van der Waals surface area contributed by atoms with Crippen molar-refractivity contribution in [3.8, 4) is 5.75 Å². The van der Waals surface area contributed by atoms with Crippen LogP contribution in [0.15, 0.2) is 41.7 Å². The first-order valence-corrected chi connectivity index (χ1v) is 4.50. The molecule has 2 rings (SSSR count). The second kappa shape index (κ2) is 3.96. The first-order chi connectivity index (χ1) is 6.92. The smallest absolute Gasteiger partial charge is 0.142 e. The fourth-order valence-corrected chi connectivity index (χ4v) is 1.42. The van der Waals surface area contributed by atoms with Gasteiger partial charge in [0, 0.05) is 18.6 Å². The molecule has 0 atom stereocenters. The van der Waals surface area contributed by atoms with Gasteiger partial charge in [-0.2, -0.15) is 0 Å². The number of anilines is 1. The van der Waals surface area contributed by atoms with Crippen molar-refractivity contribution in [3.63, 3.8) is 0 Å². The lowest BCUT2D eigenvalue weighted by Crippen LogP contribution is -2.20. The van der Waals surface area contributed by atoms with E-state index in [-0.39, 0.29) is 0 Å². The van der Waals surface area contributed by atoms with Gasteiger partial charge in [-0.25, -0.2) is 0 Å². The predicted molar refractivity (Wildman–Crippen MR) is 58.0 cm³/mol. The highest BCUT2D eigenvalue weighted by Gasteiger charge is 2.08. The molecule has 0 fully saturated rings. The Hall–Kier alpha value is -1.77.